The van der Waals surface area contributed by atoms with Gasteiger partial charge in [-0.1, -0.05) is 48.0 Å². The van der Waals surface area contributed by atoms with Crippen LogP contribution in [0.1, 0.15) is 22.5 Å². The predicted molar refractivity (Wildman–Crippen MR) is 108 cm³/mol. The van der Waals surface area contributed by atoms with E-state index in [2.05, 4.69) is 22.1 Å². The number of carbonyl (C=O) groups is 1. The number of halogens is 3. The minimum absolute atomic E-state index is 0.140. The molecule has 2 aromatic heterocycles. The average Bonchev–Trinajstić information content (AvgIpc) is 3.22. The topological polar surface area (TPSA) is 55.1 Å². The highest BCUT2D eigenvalue weighted by molar-refractivity contribution is 8.26. The van der Waals surface area contributed by atoms with Gasteiger partial charge in [-0.05, 0) is 18.2 Å². The number of benzene rings is 1. The summed E-state index contributed by atoms with van der Waals surface area (Å²) in [6.45, 7) is 0. The number of hydrogen-bond donors (Lipinski definition) is 1. The number of nitrogens with zero attached hydrogens (tertiary/aromatic N) is 1. The Bertz CT molecular complexity index is 1250. The molecule has 1 aliphatic rings. The first-order valence-electron chi connectivity index (χ1n) is 8.12. The summed E-state index contributed by atoms with van der Waals surface area (Å²) in [5.74, 6) is 5.33. The van der Waals surface area contributed by atoms with E-state index in [9.17, 15) is 18.0 Å². The molecule has 0 bridgehead atoms. The average molecular weight is 430 g/mol. The fourth-order valence-electron chi connectivity index (χ4n) is 2.67. The Kier molecular flexibility index (Phi) is 4.90. The van der Waals surface area contributed by atoms with Crippen molar-refractivity contribution in [2.45, 2.75) is 6.18 Å². The van der Waals surface area contributed by atoms with Crippen LogP contribution < -0.4 is 5.32 Å². The highest BCUT2D eigenvalue weighted by Crippen LogP contribution is 2.32. The molecule has 3 aromatic rings. The van der Waals surface area contributed by atoms with Gasteiger partial charge in [0.1, 0.15) is 10.1 Å². The Morgan fingerprint density at radius 3 is 2.66 bits per heavy atom. The minimum atomic E-state index is -4.50. The molecule has 1 amide bonds. The number of amides is 1. The quantitative estimate of drug-likeness (QED) is 0.344. The van der Waals surface area contributed by atoms with Crippen LogP contribution in [0.5, 0.6) is 0 Å². The standard InChI is InChI=1S/C20H9F3N2O2S2/c21-20(22,23)15-4-2-1-3-11(15)5-6-12-9-24-10-13-7-14(27-17(12)13)8-16-18(26)25-19(28)29-16/h1-4,7-10H,(H,25,26,28)/b16-8-. The summed E-state index contributed by atoms with van der Waals surface area (Å²) in [6, 6.07) is 6.75. The molecule has 0 unspecified atom stereocenters. The number of thioether (sulfide) groups is 1. The SMILES string of the molecule is O=C1NC(=S)S/C1=C\c1cc2cncc(C#Cc3ccccc3C(F)(F)F)c2o1. The molecular weight excluding hydrogens is 421 g/mol. The van der Waals surface area contributed by atoms with Crippen LogP contribution in [0.2, 0.25) is 0 Å². The van der Waals surface area contributed by atoms with E-state index in [0.717, 1.165) is 17.8 Å². The molecule has 1 saturated heterocycles. The monoisotopic (exact) mass is 430 g/mol. The molecule has 1 aliphatic heterocycles. The van der Waals surface area contributed by atoms with E-state index in [-0.39, 0.29) is 11.5 Å². The van der Waals surface area contributed by atoms with Crippen molar-refractivity contribution < 1.29 is 22.4 Å². The maximum atomic E-state index is 13.1. The number of fused-ring (bicyclic) bond motifs is 1. The largest absolute Gasteiger partial charge is 0.455 e. The van der Waals surface area contributed by atoms with Crippen LogP contribution in [-0.2, 0) is 11.0 Å². The number of furan rings is 1. The van der Waals surface area contributed by atoms with Gasteiger partial charge in [-0.2, -0.15) is 13.2 Å². The summed E-state index contributed by atoms with van der Waals surface area (Å²) >= 11 is 6.06. The molecule has 29 heavy (non-hydrogen) atoms. The molecule has 4 nitrogen and oxygen atoms in total. The maximum absolute atomic E-state index is 13.1. The predicted octanol–water partition coefficient (Wildman–Crippen LogP) is 4.74. The fourth-order valence-corrected chi connectivity index (χ4v) is 3.69. The molecule has 1 fully saturated rings. The number of hydrogen-bond acceptors (Lipinski definition) is 5. The van der Waals surface area contributed by atoms with E-state index in [0.29, 0.717) is 31.5 Å². The number of thiocarbonyl (C=S) groups is 1. The van der Waals surface area contributed by atoms with Crippen LogP contribution >= 0.6 is 24.0 Å². The van der Waals surface area contributed by atoms with Gasteiger partial charge in [0.2, 0.25) is 0 Å². The third kappa shape index (κ3) is 4.04. The number of carbonyl (C=O) groups excluding carboxylic acids is 1. The van der Waals surface area contributed by atoms with Crippen molar-refractivity contribution >= 4 is 51.3 Å². The van der Waals surface area contributed by atoms with E-state index in [1.807, 2.05) is 0 Å². The lowest BCUT2D eigenvalue weighted by Crippen LogP contribution is -2.17. The minimum Gasteiger partial charge on any atom is -0.455 e. The van der Waals surface area contributed by atoms with Crippen LogP contribution in [0.25, 0.3) is 17.0 Å². The van der Waals surface area contributed by atoms with Crippen LogP contribution in [0.3, 0.4) is 0 Å². The fraction of sp³-hybridized carbons (Fsp3) is 0.0500. The Morgan fingerprint density at radius 2 is 1.93 bits per heavy atom. The first-order chi connectivity index (χ1) is 13.8. The summed E-state index contributed by atoms with van der Waals surface area (Å²) in [4.78, 5) is 16.2. The lowest BCUT2D eigenvalue weighted by atomic mass is 10.1. The van der Waals surface area contributed by atoms with Gasteiger partial charge in [0.25, 0.3) is 5.91 Å². The summed E-state index contributed by atoms with van der Waals surface area (Å²) < 4.78 is 45.5. The first-order valence-corrected chi connectivity index (χ1v) is 9.34. The highest BCUT2D eigenvalue weighted by atomic mass is 32.2. The zero-order valence-electron chi connectivity index (χ0n) is 14.3. The second kappa shape index (κ2) is 7.39. The molecule has 0 saturated carbocycles. The normalized spacial score (nSPS) is 15.5. The smallest absolute Gasteiger partial charge is 0.417 e. The van der Waals surface area contributed by atoms with Gasteiger partial charge in [0.15, 0.2) is 5.58 Å². The summed E-state index contributed by atoms with van der Waals surface area (Å²) in [5, 5.41) is 3.12. The zero-order valence-corrected chi connectivity index (χ0v) is 16.0. The molecular formula is C20H9F3N2O2S2. The van der Waals surface area contributed by atoms with Crippen LogP contribution in [0, 0.1) is 11.8 Å². The lowest BCUT2D eigenvalue weighted by Gasteiger charge is -2.08. The summed E-state index contributed by atoms with van der Waals surface area (Å²) in [6.07, 6.45) is -0.00455. The number of aromatic nitrogens is 1. The van der Waals surface area contributed by atoms with Crippen molar-refractivity contribution in [3.63, 3.8) is 0 Å². The molecule has 3 heterocycles. The van der Waals surface area contributed by atoms with Gasteiger partial charge in [-0.25, -0.2) is 0 Å². The molecule has 1 N–H and O–H groups in total. The number of rotatable bonds is 1. The first kappa shape index (κ1) is 19.2. The summed E-state index contributed by atoms with van der Waals surface area (Å²) in [5.41, 5.74) is -0.242. The third-order valence-corrected chi connectivity index (χ3v) is 5.08. The van der Waals surface area contributed by atoms with Gasteiger partial charge in [0, 0.05) is 29.4 Å². The Morgan fingerprint density at radius 1 is 1.17 bits per heavy atom. The molecule has 4 rings (SSSR count). The molecule has 1 aromatic carbocycles. The van der Waals surface area contributed by atoms with Crippen molar-refractivity contribution in [2.24, 2.45) is 0 Å². The lowest BCUT2D eigenvalue weighted by molar-refractivity contribution is -0.137. The van der Waals surface area contributed by atoms with Gasteiger partial charge in [-0.3, -0.25) is 9.78 Å². The van der Waals surface area contributed by atoms with Crippen molar-refractivity contribution in [3.05, 3.63) is 70.1 Å². The van der Waals surface area contributed by atoms with Crippen LogP contribution in [0.15, 0.2) is 52.0 Å². The van der Waals surface area contributed by atoms with Crippen molar-refractivity contribution in [1.29, 1.82) is 0 Å². The number of nitrogens with one attached hydrogen (secondary N) is 1. The van der Waals surface area contributed by atoms with Crippen molar-refractivity contribution in [1.82, 2.24) is 10.3 Å². The second-order valence-electron chi connectivity index (χ2n) is 5.90. The van der Waals surface area contributed by atoms with E-state index < -0.39 is 11.7 Å². The molecule has 9 heteroatoms. The Labute approximate surface area is 172 Å². The van der Waals surface area contributed by atoms with E-state index in [1.165, 1.54) is 30.5 Å². The summed E-state index contributed by atoms with van der Waals surface area (Å²) in [7, 11) is 0. The van der Waals surface area contributed by atoms with Crippen LogP contribution in [0.4, 0.5) is 13.2 Å². The van der Waals surface area contributed by atoms with E-state index >= 15 is 0 Å². The molecule has 144 valence electrons. The highest BCUT2D eigenvalue weighted by Gasteiger charge is 2.32. The van der Waals surface area contributed by atoms with Crippen molar-refractivity contribution in [2.75, 3.05) is 0 Å². The van der Waals surface area contributed by atoms with Gasteiger partial charge < -0.3 is 9.73 Å². The van der Waals surface area contributed by atoms with Crippen molar-refractivity contribution in [3.8, 4) is 11.8 Å². The maximum Gasteiger partial charge on any atom is 0.417 e. The van der Waals surface area contributed by atoms with Gasteiger partial charge in [0.05, 0.1) is 16.0 Å². The number of alkyl halides is 3. The Hall–Kier alpha value is -3.09. The Balaban J connectivity index is 1.74. The molecule has 0 spiro atoms. The molecule has 0 radical (unpaired) electrons. The van der Waals surface area contributed by atoms with Gasteiger partial charge >= 0.3 is 6.18 Å². The third-order valence-electron chi connectivity index (χ3n) is 3.92. The van der Waals surface area contributed by atoms with Gasteiger partial charge in [-0.15, -0.1) is 0 Å². The zero-order chi connectivity index (χ0) is 20.6. The molecule has 0 aliphatic carbocycles. The number of pyridine rings is 1. The van der Waals surface area contributed by atoms with Crippen LogP contribution in [-0.4, -0.2) is 15.2 Å². The van der Waals surface area contributed by atoms with E-state index in [1.54, 1.807) is 12.3 Å². The molecule has 0 atom stereocenters. The second-order valence-corrected chi connectivity index (χ2v) is 7.62. The van der Waals surface area contributed by atoms with E-state index in [4.69, 9.17) is 16.6 Å².